The van der Waals surface area contributed by atoms with Crippen molar-refractivity contribution in [1.29, 1.82) is 0 Å². The molecule has 0 aliphatic heterocycles. The molecule has 1 amide bonds. The first-order valence-corrected chi connectivity index (χ1v) is 7.37. The van der Waals surface area contributed by atoms with Gasteiger partial charge >= 0.3 is 0 Å². The van der Waals surface area contributed by atoms with Crippen molar-refractivity contribution in [2.75, 3.05) is 6.54 Å². The van der Waals surface area contributed by atoms with Crippen LogP contribution < -0.4 is 11.1 Å². The highest BCUT2D eigenvalue weighted by molar-refractivity contribution is 9.10. The van der Waals surface area contributed by atoms with E-state index in [-0.39, 0.29) is 29.9 Å². The highest BCUT2D eigenvalue weighted by Crippen LogP contribution is 2.24. The van der Waals surface area contributed by atoms with Crippen molar-refractivity contribution in [1.82, 2.24) is 5.32 Å². The quantitative estimate of drug-likeness (QED) is 0.864. The summed E-state index contributed by atoms with van der Waals surface area (Å²) in [5.41, 5.74) is 5.81. The van der Waals surface area contributed by atoms with Gasteiger partial charge in [-0.2, -0.15) is 0 Å². The zero-order chi connectivity index (χ0) is 13.8. The Morgan fingerprint density at radius 1 is 1.40 bits per heavy atom. The molecule has 1 aliphatic carbocycles. The lowest BCUT2D eigenvalue weighted by atomic mass is 9.84. The molecule has 1 aromatic rings. The molecule has 1 fully saturated rings. The fourth-order valence-corrected chi connectivity index (χ4v) is 2.93. The van der Waals surface area contributed by atoms with Crippen LogP contribution in [0.25, 0.3) is 0 Å². The lowest BCUT2D eigenvalue weighted by molar-refractivity contribution is 0.0904. The zero-order valence-electron chi connectivity index (χ0n) is 11.1. The number of carbonyl (C=O) groups is 1. The normalized spacial score (nSPS) is 21.9. The van der Waals surface area contributed by atoms with Crippen LogP contribution in [0.15, 0.2) is 22.7 Å². The molecule has 3 N–H and O–H groups in total. The minimum atomic E-state index is -0.507. The fraction of sp³-hybridized carbons (Fsp3) is 0.500. The number of halogens is 3. The second-order valence-electron chi connectivity index (χ2n) is 4.98. The predicted octanol–water partition coefficient (Wildman–Crippen LogP) is 3.26. The van der Waals surface area contributed by atoms with Gasteiger partial charge in [0.05, 0.1) is 5.56 Å². The molecule has 1 aromatic carbocycles. The van der Waals surface area contributed by atoms with Crippen molar-refractivity contribution in [3.8, 4) is 0 Å². The molecule has 1 saturated carbocycles. The molecule has 0 bridgehead atoms. The summed E-state index contributed by atoms with van der Waals surface area (Å²) < 4.78 is 14.3. The summed E-state index contributed by atoms with van der Waals surface area (Å²) in [5, 5.41) is 2.92. The van der Waals surface area contributed by atoms with Crippen molar-refractivity contribution in [2.45, 2.75) is 31.7 Å². The second kappa shape index (κ2) is 7.96. The third kappa shape index (κ3) is 4.17. The molecule has 112 valence electrons. The maximum absolute atomic E-state index is 13.7. The Bertz CT molecular complexity index is 472. The van der Waals surface area contributed by atoms with Gasteiger partial charge in [-0.1, -0.05) is 28.8 Å². The van der Waals surface area contributed by atoms with Crippen molar-refractivity contribution in [2.24, 2.45) is 11.7 Å². The van der Waals surface area contributed by atoms with Crippen molar-refractivity contribution < 1.29 is 9.18 Å². The summed E-state index contributed by atoms with van der Waals surface area (Å²) in [6.45, 7) is 0.563. The van der Waals surface area contributed by atoms with Gasteiger partial charge in [-0.3, -0.25) is 4.79 Å². The van der Waals surface area contributed by atoms with E-state index < -0.39 is 5.82 Å². The Kier molecular flexibility index (Phi) is 6.92. The number of nitrogens with two attached hydrogens (primary N) is 1. The summed E-state index contributed by atoms with van der Waals surface area (Å²) in [6.07, 6.45) is 4.20. The Morgan fingerprint density at radius 2 is 2.10 bits per heavy atom. The minimum Gasteiger partial charge on any atom is -0.349 e. The average molecular weight is 366 g/mol. The second-order valence-corrected chi connectivity index (χ2v) is 5.90. The first-order valence-electron chi connectivity index (χ1n) is 6.58. The third-order valence-corrected chi connectivity index (χ3v) is 4.20. The maximum atomic E-state index is 13.7. The topological polar surface area (TPSA) is 55.1 Å². The van der Waals surface area contributed by atoms with Crippen LogP contribution in [0.4, 0.5) is 4.39 Å². The van der Waals surface area contributed by atoms with Gasteiger partial charge in [0.2, 0.25) is 0 Å². The Labute approximate surface area is 133 Å². The standard InChI is InChI=1S/C14H18BrFN2O.ClH/c15-10-5-6-11(12(16)7-10)14(19)18-13-4-2-1-3-9(13)8-17;/h5-7,9,13H,1-4,8,17H2,(H,18,19);1H. The van der Waals surface area contributed by atoms with Gasteiger partial charge in [-0.05, 0) is 43.5 Å². The van der Waals surface area contributed by atoms with E-state index in [1.165, 1.54) is 12.1 Å². The van der Waals surface area contributed by atoms with Gasteiger partial charge in [0.15, 0.2) is 0 Å². The number of hydrogen-bond acceptors (Lipinski definition) is 2. The lowest BCUT2D eigenvalue weighted by Crippen LogP contribution is -2.44. The van der Waals surface area contributed by atoms with Crippen LogP contribution in [0.3, 0.4) is 0 Å². The van der Waals surface area contributed by atoms with E-state index in [2.05, 4.69) is 21.2 Å². The molecule has 0 radical (unpaired) electrons. The Balaban J connectivity index is 0.00000200. The van der Waals surface area contributed by atoms with Gasteiger partial charge in [0.25, 0.3) is 5.91 Å². The van der Waals surface area contributed by atoms with Gasteiger partial charge in [-0.25, -0.2) is 4.39 Å². The molecular formula is C14H19BrClFN2O. The van der Waals surface area contributed by atoms with Crippen molar-refractivity contribution >= 4 is 34.2 Å². The van der Waals surface area contributed by atoms with Crippen molar-refractivity contribution in [3.63, 3.8) is 0 Å². The molecule has 2 atom stereocenters. The van der Waals surface area contributed by atoms with Gasteiger partial charge < -0.3 is 11.1 Å². The Morgan fingerprint density at radius 3 is 2.75 bits per heavy atom. The van der Waals surface area contributed by atoms with E-state index in [4.69, 9.17) is 5.73 Å². The van der Waals surface area contributed by atoms with E-state index >= 15 is 0 Å². The summed E-state index contributed by atoms with van der Waals surface area (Å²) >= 11 is 3.18. The van der Waals surface area contributed by atoms with Gasteiger partial charge in [0, 0.05) is 10.5 Å². The summed E-state index contributed by atoms with van der Waals surface area (Å²) in [4.78, 5) is 12.1. The van der Waals surface area contributed by atoms with Crippen LogP contribution in [0.2, 0.25) is 0 Å². The zero-order valence-corrected chi connectivity index (χ0v) is 13.5. The van der Waals surface area contributed by atoms with Crippen LogP contribution in [0.5, 0.6) is 0 Å². The summed E-state index contributed by atoms with van der Waals surface area (Å²) in [5.74, 6) is -0.557. The van der Waals surface area contributed by atoms with E-state index in [9.17, 15) is 9.18 Å². The van der Waals surface area contributed by atoms with Crippen LogP contribution in [-0.2, 0) is 0 Å². The number of nitrogens with one attached hydrogen (secondary N) is 1. The van der Waals surface area contributed by atoms with Crippen LogP contribution in [0, 0.1) is 11.7 Å². The molecule has 3 nitrogen and oxygen atoms in total. The molecule has 0 aromatic heterocycles. The highest BCUT2D eigenvalue weighted by Gasteiger charge is 2.26. The lowest BCUT2D eigenvalue weighted by Gasteiger charge is -2.31. The molecule has 2 unspecified atom stereocenters. The molecule has 0 saturated heterocycles. The molecular weight excluding hydrogens is 347 g/mol. The molecule has 20 heavy (non-hydrogen) atoms. The molecule has 6 heteroatoms. The predicted molar refractivity (Wildman–Crippen MR) is 83.6 cm³/mol. The first kappa shape index (κ1) is 17.4. The van der Waals surface area contributed by atoms with E-state index in [0.717, 1.165) is 25.7 Å². The average Bonchev–Trinajstić information content (AvgIpc) is 2.39. The first-order chi connectivity index (χ1) is 9.11. The summed E-state index contributed by atoms with van der Waals surface area (Å²) in [7, 11) is 0. The van der Waals surface area contributed by atoms with Gasteiger partial charge in [0.1, 0.15) is 5.82 Å². The largest absolute Gasteiger partial charge is 0.349 e. The SMILES string of the molecule is Cl.NCC1CCCCC1NC(=O)c1ccc(Br)cc1F. The maximum Gasteiger partial charge on any atom is 0.254 e. The number of amides is 1. The van der Waals surface area contributed by atoms with Gasteiger partial charge in [-0.15, -0.1) is 12.4 Å². The molecule has 0 heterocycles. The fourth-order valence-electron chi connectivity index (χ4n) is 2.60. The number of hydrogen-bond donors (Lipinski definition) is 2. The van der Waals surface area contributed by atoms with Crippen LogP contribution >= 0.6 is 28.3 Å². The number of rotatable bonds is 3. The van der Waals surface area contributed by atoms with Crippen molar-refractivity contribution in [3.05, 3.63) is 34.1 Å². The molecule has 0 spiro atoms. The monoisotopic (exact) mass is 364 g/mol. The third-order valence-electron chi connectivity index (χ3n) is 3.70. The van der Waals surface area contributed by atoms with E-state index in [1.807, 2.05) is 0 Å². The smallest absolute Gasteiger partial charge is 0.254 e. The number of carbonyl (C=O) groups excluding carboxylic acids is 1. The van der Waals surface area contributed by atoms with Crippen LogP contribution in [-0.4, -0.2) is 18.5 Å². The Hall–Kier alpha value is -0.650. The summed E-state index contributed by atoms with van der Waals surface area (Å²) in [6, 6.07) is 4.53. The van der Waals surface area contributed by atoms with Crippen LogP contribution in [0.1, 0.15) is 36.0 Å². The molecule has 2 rings (SSSR count). The van der Waals surface area contributed by atoms with E-state index in [1.54, 1.807) is 6.07 Å². The minimum absolute atomic E-state index is 0. The number of benzene rings is 1. The molecule has 1 aliphatic rings. The highest BCUT2D eigenvalue weighted by atomic mass is 79.9. The van der Waals surface area contributed by atoms with E-state index in [0.29, 0.717) is 16.9 Å².